The first-order valence-electron chi connectivity index (χ1n) is 11.6. The molecule has 32 heavy (non-hydrogen) atoms. The summed E-state index contributed by atoms with van der Waals surface area (Å²) in [6, 6.07) is 13.7. The van der Waals surface area contributed by atoms with Crippen molar-refractivity contribution in [2.24, 2.45) is 11.3 Å². The Morgan fingerprint density at radius 1 is 1.22 bits per heavy atom. The molecule has 1 saturated carbocycles. The monoisotopic (exact) mass is 438 g/mol. The second-order valence-electron chi connectivity index (χ2n) is 8.98. The molecule has 0 radical (unpaired) electrons. The van der Waals surface area contributed by atoms with Crippen LogP contribution in [0.3, 0.4) is 0 Å². The van der Waals surface area contributed by atoms with Crippen LogP contribution in [-0.4, -0.2) is 49.3 Å². The maximum Gasteiger partial charge on any atom is 0.223 e. The number of phenolic OH excluding ortho intramolecular Hbond substituents is 1. The molecule has 2 aromatic carbocycles. The standard InChI is InChI=1S/C26H34N2O4/c1-3-32-23-9-5-7-20(24(23)29)18-28-14-11-26(12-15-28)17-22(26)25(30)27-13-10-19-6-4-8-21(16-19)31-2/h4-9,16,22,29H,3,10-15,17-18H2,1-2H3,(H,27,30)/t22-/m0/s1. The Morgan fingerprint density at radius 2 is 2.00 bits per heavy atom. The SMILES string of the molecule is CCOc1cccc(CN2CCC3(CC2)C[C@H]3C(=O)NCCc2cccc(OC)c2)c1O. The molecular formula is C26H34N2O4. The maximum atomic E-state index is 12.7. The van der Waals surface area contributed by atoms with Crippen LogP contribution in [0.5, 0.6) is 17.2 Å². The number of para-hydroxylation sites is 1. The zero-order chi connectivity index (χ0) is 22.6. The number of methoxy groups -OCH3 is 1. The second kappa shape index (κ2) is 9.82. The van der Waals surface area contributed by atoms with Crippen molar-refractivity contribution < 1.29 is 19.4 Å². The van der Waals surface area contributed by atoms with E-state index in [2.05, 4.69) is 16.3 Å². The topological polar surface area (TPSA) is 71.0 Å². The molecule has 1 aliphatic carbocycles. The number of likely N-dealkylation sites (tertiary alicyclic amines) is 1. The van der Waals surface area contributed by atoms with Crippen LogP contribution in [0.15, 0.2) is 42.5 Å². The lowest BCUT2D eigenvalue weighted by molar-refractivity contribution is -0.123. The molecular weight excluding hydrogens is 404 g/mol. The predicted octanol–water partition coefficient (Wildman–Crippen LogP) is 3.76. The van der Waals surface area contributed by atoms with Crippen molar-refractivity contribution in [3.05, 3.63) is 53.6 Å². The van der Waals surface area contributed by atoms with Gasteiger partial charge in [-0.1, -0.05) is 24.3 Å². The summed E-state index contributed by atoms with van der Waals surface area (Å²) >= 11 is 0. The number of hydrogen-bond acceptors (Lipinski definition) is 5. The third-order valence-electron chi connectivity index (χ3n) is 6.98. The Bertz CT molecular complexity index is 937. The van der Waals surface area contributed by atoms with Crippen LogP contribution in [0, 0.1) is 11.3 Å². The summed E-state index contributed by atoms with van der Waals surface area (Å²) in [5.41, 5.74) is 2.24. The molecule has 0 unspecified atom stereocenters. The average Bonchev–Trinajstić information content (AvgIpc) is 3.52. The van der Waals surface area contributed by atoms with E-state index in [-0.39, 0.29) is 23.0 Å². The number of nitrogens with one attached hydrogen (secondary N) is 1. The number of phenols is 1. The fraction of sp³-hybridized carbons (Fsp3) is 0.500. The van der Waals surface area contributed by atoms with E-state index in [0.717, 1.165) is 50.1 Å². The molecule has 0 bridgehead atoms. The Kier molecular flexibility index (Phi) is 6.89. The average molecular weight is 439 g/mol. The highest BCUT2D eigenvalue weighted by Gasteiger charge is 2.58. The van der Waals surface area contributed by atoms with Crippen LogP contribution < -0.4 is 14.8 Å². The normalized spacial score (nSPS) is 19.5. The number of aromatic hydroxyl groups is 1. The number of nitrogens with zero attached hydrogens (tertiary/aromatic N) is 1. The molecule has 2 fully saturated rings. The second-order valence-corrected chi connectivity index (χ2v) is 8.98. The number of rotatable bonds is 9. The number of hydrogen-bond donors (Lipinski definition) is 2. The minimum atomic E-state index is 0.143. The van der Waals surface area contributed by atoms with Gasteiger partial charge in [-0.05, 0) is 74.9 Å². The highest BCUT2D eigenvalue weighted by molar-refractivity contribution is 5.82. The zero-order valence-corrected chi connectivity index (χ0v) is 19.1. The van der Waals surface area contributed by atoms with Crippen molar-refractivity contribution in [2.75, 3.05) is 33.4 Å². The van der Waals surface area contributed by atoms with Gasteiger partial charge in [-0.25, -0.2) is 0 Å². The summed E-state index contributed by atoms with van der Waals surface area (Å²) < 4.78 is 10.8. The first-order chi connectivity index (χ1) is 15.5. The molecule has 1 atom stereocenters. The van der Waals surface area contributed by atoms with Gasteiger partial charge in [0.1, 0.15) is 5.75 Å². The van der Waals surface area contributed by atoms with Crippen LogP contribution in [0.1, 0.15) is 37.3 Å². The maximum absolute atomic E-state index is 12.7. The summed E-state index contributed by atoms with van der Waals surface area (Å²) in [5, 5.41) is 13.6. The van der Waals surface area contributed by atoms with E-state index < -0.39 is 0 Å². The molecule has 2 N–H and O–H groups in total. The molecule has 1 aliphatic heterocycles. The molecule has 4 rings (SSSR count). The third kappa shape index (κ3) is 5.01. The molecule has 2 aliphatic rings. The van der Waals surface area contributed by atoms with Gasteiger partial charge in [0.05, 0.1) is 13.7 Å². The van der Waals surface area contributed by atoms with Gasteiger partial charge in [0.2, 0.25) is 5.91 Å². The van der Waals surface area contributed by atoms with E-state index in [9.17, 15) is 9.90 Å². The van der Waals surface area contributed by atoms with Crippen molar-refractivity contribution in [2.45, 2.75) is 39.2 Å². The Labute approximate surface area is 190 Å². The van der Waals surface area contributed by atoms with Gasteiger partial charge < -0.3 is 19.9 Å². The zero-order valence-electron chi connectivity index (χ0n) is 19.1. The number of piperidine rings is 1. The first-order valence-corrected chi connectivity index (χ1v) is 11.6. The molecule has 2 aromatic rings. The molecule has 0 aromatic heterocycles. The third-order valence-corrected chi connectivity index (χ3v) is 6.98. The summed E-state index contributed by atoms with van der Waals surface area (Å²) in [7, 11) is 1.67. The Balaban J connectivity index is 1.22. The van der Waals surface area contributed by atoms with Crippen LogP contribution in [0.4, 0.5) is 0 Å². The highest BCUT2D eigenvalue weighted by Crippen LogP contribution is 2.59. The number of amides is 1. The summed E-state index contributed by atoms with van der Waals surface area (Å²) in [4.78, 5) is 15.1. The van der Waals surface area contributed by atoms with E-state index in [0.29, 0.717) is 25.4 Å². The lowest BCUT2D eigenvalue weighted by Gasteiger charge is -2.33. The van der Waals surface area contributed by atoms with Gasteiger partial charge in [0.25, 0.3) is 0 Å². The van der Waals surface area contributed by atoms with E-state index in [1.165, 1.54) is 5.56 Å². The molecule has 6 heteroatoms. The van der Waals surface area contributed by atoms with Crippen LogP contribution in [-0.2, 0) is 17.8 Å². The lowest BCUT2D eigenvalue weighted by atomic mass is 9.90. The Morgan fingerprint density at radius 3 is 2.75 bits per heavy atom. The van der Waals surface area contributed by atoms with Crippen LogP contribution in [0.25, 0.3) is 0 Å². The fourth-order valence-electron chi connectivity index (χ4n) is 4.92. The number of carbonyl (C=O) groups excluding carboxylic acids is 1. The summed E-state index contributed by atoms with van der Waals surface area (Å²) in [6.07, 6.45) is 3.87. The van der Waals surface area contributed by atoms with Crippen molar-refractivity contribution in [3.8, 4) is 17.2 Å². The van der Waals surface area contributed by atoms with Crippen molar-refractivity contribution in [1.29, 1.82) is 0 Å². The van der Waals surface area contributed by atoms with Gasteiger partial charge in [0.15, 0.2) is 11.5 Å². The fourth-order valence-corrected chi connectivity index (χ4v) is 4.92. The molecule has 1 saturated heterocycles. The molecule has 1 spiro atoms. The minimum Gasteiger partial charge on any atom is -0.504 e. The number of carbonyl (C=O) groups is 1. The minimum absolute atomic E-state index is 0.143. The van der Waals surface area contributed by atoms with E-state index >= 15 is 0 Å². The van der Waals surface area contributed by atoms with Gasteiger partial charge in [0, 0.05) is 24.6 Å². The van der Waals surface area contributed by atoms with E-state index in [4.69, 9.17) is 9.47 Å². The Hall–Kier alpha value is -2.73. The van der Waals surface area contributed by atoms with Crippen molar-refractivity contribution in [1.82, 2.24) is 10.2 Å². The molecule has 1 heterocycles. The predicted molar refractivity (Wildman–Crippen MR) is 124 cm³/mol. The number of ether oxygens (including phenoxy) is 2. The van der Waals surface area contributed by atoms with Crippen molar-refractivity contribution in [3.63, 3.8) is 0 Å². The summed E-state index contributed by atoms with van der Waals surface area (Å²) in [5.74, 6) is 1.98. The van der Waals surface area contributed by atoms with Crippen LogP contribution >= 0.6 is 0 Å². The highest BCUT2D eigenvalue weighted by atomic mass is 16.5. The smallest absolute Gasteiger partial charge is 0.223 e. The van der Waals surface area contributed by atoms with Gasteiger partial charge >= 0.3 is 0 Å². The van der Waals surface area contributed by atoms with Gasteiger partial charge in [-0.15, -0.1) is 0 Å². The van der Waals surface area contributed by atoms with E-state index in [1.807, 2.05) is 37.3 Å². The first kappa shape index (κ1) is 22.5. The van der Waals surface area contributed by atoms with Gasteiger partial charge in [-0.3, -0.25) is 9.69 Å². The van der Waals surface area contributed by atoms with Crippen molar-refractivity contribution >= 4 is 5.91 Å². The molecule has 1 amide bonds. The van der Waals surface area contributed by atoms with E-state index in [1.54, 1.807) is 13.2 Å². The molecule has 172 valence electrons. The largest absolute Gasteiger partial charge is 0.504 e. The van der Waals surface area contributed by atoms with Crippen LogP contribution in [0.2, 0.25) is 0 Å². The lowest BCUT2D eigenvalue weighted by Crippen LogP contribution is -2.37. The quantitative estimate of drug-likeness (QED) is 0.624. The van der Waals surface area contributed by atoms with Gasteiger partial charge in [-0.2, -0.15) is 0 Å². The summed E-state index contributed by atoms with van der Waals surface area (Å²) in [6.45, 7) is 5.71. The number of benzene rings is 2. The molecule has 6 nitrogen and oxygen atoms in total.